The van der Waals surface area contributed by atoms with E-state index in [0.29, 0.717) is 16.7 Å². The van der Waals surface area contributed by atoms with E-state index in [1.807, 2.05) is 6.07 Å². The van der Waals surface area contributed by atoms with E-state index in [4.69, 9.17) is 10.4 Å². The van der Waals surface area contributed by atoms with Crippen molar-refractivity contribution in [2.45, 2.75) is 25.6 Å². The first kappa shape index (κ1) is 13.2. The number of carbonyl (C=O) groups is 1. The van der Waals surface area contributed by atoms with Gasteiger partial charge in [0.05, 0.1) is 24.2 Å². The maximum absolute atomic E-state index is 10.4. The lowest BCUT2D eigenvalue weighted by Gasteiger charge is -2.18. The molecule has 0 saturated carbocycles. The van der Waals surface area contributed by atoms with Crippen molar-refractivity contribution in [1.82, 2.24) is 0 Å². The van der Waals surface area contributed by atoms with Gasteiger partial charge in [0, 0.05) is 0 Å². The second-order valence-corrected chi connectivity index (χ2v) is 3.74. The molecule has 0 saturated heterocycles. The van der Waals surface area contributed by atoms with Crippen LogP contribution in [0.5, 0.6) is 0 Å². The van der Waals surface area contributed by atoms with Crippen LogP contribution in [0.1, 0.15) is 29.2 Å². The predicted molar refractivity (Wildman–Crippen MR) is 59.1 cm³/mol. The lowest BCUT2D eigenvalue weighted by molar-refractivity contribution is -0.141. The summed E-state index contributed by atoms with van der Waals surface area (Å²) >= 11 is 0. The highest BCUT2D eigenvalue weighted by Gasteiger charge is 2.23. The Morgan fingerprint density at radius 3 is 2.65 bits per heavy atom. The minimum absolute atomic E-state index is 0.373. The van der Waals surface area contributed by atoms with Gasteiger partial charge in [-0.05, 0) is 24.1 Å². The number of aliphatic hydroxyl groups excluding tert-OH is 2. The largest absolute Gasteiger partial charge is 0.481 e. The molecule has 0 heterocycles. The molecule has 0 fully saturated rings. The molecule has 0 radical (unpaired) electrons. The molecule has 0 aliphatic carbocycles. The number of rotatable bonds is 4. The fourth-order valence-corrected chi connectivity index (χ4v) is 1.59. The van der Waals surface area contributed by atoms with Crippen LogP contribution in [0.4, 0.5) is 0 Å². The number of aliphatic hydroxyl groups is 2. The highest BCUT2D eigenvalue weighted by molar-refractivity contribution is 5.67. The Hall–Kier alpha value is -1.90. The van der Waals surface area contributed by atoms with Gasteiger partial charge in [-0.15, -0.1) is 0 Å². The standard InChI is InChI=1S/C12H13NO4/c1-7-8(6-13)3-2-4-9(7)12(17)10(14)5-11(15)16/h2-4,10,12,14,17H,5H2,1H3,(H,15,16). The fourth-order valence-electron chi connectivity index (χ4n) is 1.59. The van der Waals surface area contributed by atoms with Crippen LogP contribution >= 0.6 is 0 Å². The first-order valence-corrected chi connectivity index (χ1v) is 5.05. The van der Waals surface area contributed by atoms with Gasteiger partial charge in [0.2, 0.25) is 0 Å². The van der Waals surface area contributed by atoms with Gasteiger partial charge in [0.1, 0.15) is 6.10 Å². The second-order valence-electron chi connectivity index (χ2n) is 3.74. The van der Waals surface area contributed by atoms with Crippen molar-refractivity contribution in [3.05, 3.63) is 34.9 Å². The Bertz CT molecular complexity index is 464. The van der Waals surface area contributed by atoms with Gasteiger partial charge < -0.3 is 15.3 Å². The second kappa shape index (κ2) is 5.43. The summed E-state index contributed by atoms with van der Waals surface area (Å²) in [5.74, 6) is -1.19. The molecule has 5 nitrogen and oxygen atoms in total. The zero-order valence-corrected chi connectivity index (χ0v) is 9.29. The smallest absolute Gasteiger partial charge is 0.306 e. The van der Waals surface area contributed by atoms with Crippen LogP contribution in [0.25, 0.3) is 0 Å². The van der Waals surface area contributed by atoms with E-state index in [-0.39, 0.29) is 0 Å². The zero-order valence-electron chi connectivity index (χ0n) is 9.29. The van der Waals surface area contributed by atoms with Crippen LogP contribution in [0.2, 0.25) is 0 Å². The van der Waals surface area contributed by atoms with Crippen molar-refractivity contribution < 1.29 is 20.1 Å². The molecule has 1 aromatic rings. The molecule has 2 unspecified atom stereocenters. The molecule has 0 amide bonds. The van der Waals surface area contributed by atoms with E-state index in [2.05, 4.69) is 0 Å². The van der Waals surface area contributed by atoms with Gasteiger partial charge >= 0.3 is 5.97 Å². The molecule has 0 aliphatic rings. The normalized spacial score (nSPS) is 13.8. The van der Waals surface area contributed by atoms with Crippen molar-refractivity contribution in [1.29, 1.82) is 5.26 Å². The summed E-state index contributed by atoms with van der Waals surface area (Å²) < 4.78 is 0. The molecule has 0 spiro atoms. The van der Waals surface area contributed by atoms with Crippen LogP contribution in [-0.2, 0) is 4.79 Å². The van der Waals surface area contributed by atoms with Crippen molar-refractivity contribution in [3.63, 3.8) is 0 Å². The van der Waals surface area contributed by atoms with Crippen LogP contribution in [0.15, 0.2) is 18.2 Å². The Labute approximate surface area is 98.6 Å². The highest BCUT2D eigenvalue weighted by Crippen LogP contribution is 2.24. The van der Waals surface area contributed by atoms with E-state index in [0.717, 1.165) is 0 Å². The first-order valence-electron chi connectivity index (χ1n) is 5.05. The van der Waals surface area contributed by atoms with Crippen molar-refractivity contribution >= 4 is 5.97 Å². The van der Waals surface area contributed by atoms with Crippen LogP contribution in [0.3, 0.4) is 0 Å². The summed E-state index contributed by atoms with van der Waals surface area (Å²) in [5.41, 5.74) is 1.31. The van der Waals surface area contributed by atoms with Gasteiger partial charge in [0.25, 0.3) is 0 Å². The van der Waals surface area contributed by atoms with Crippen molar-refractivity contribution in [3.8, 4) is 6.07 Å². The molecule has 1 aromatic carbocycles. The fraction of sp³-hybridized carbons (Fsp3) is 0.333. The van der Waals surface area contributed by atoms with Crippen LogP contribution in [0, 0.1) is 18.3 Å². The van der Waals surface area contributed by atoms with Crippen molar-refractivity contribution in [2.75, 3.05) is 0 Å². The number of hydrogen-bond acceptors (Lipinski definition) is 4. The molecular formula is C12H13NO4. The summed E-state index contributed by atoms with van der Waals surface area (Å²) in [6.07, 6.45) is -3.24. The van der Waals surface area contributed by atoms with Gasteiger partial charge in [-0.1, -0.05) is 12.1 Å². The lowest BCUT2D eigenvalue weighted by Crippen LogP contribution is -2.22. The van der Waals surface area contributed by atoms with Gasteiger partial charge in [-0.25, -0.2) is 0 Å². The average molecular weight is 235 g/mol. The van der Waals surface area contributed by atoms with E-state index in [1.165, 1.54) is 0 Å². The Morgan fingerprint density at radius 2 is 2.12 bits per heavy atom. The number of carboxylic acids is 1. The predicted octanol–water partition coefficient (Wildman–Crippen LogP) is 0.736. The minimum atomic E-state index is -1.39. The molecule has 17 heavy (non-hydrogen) atoms. The minimum Gasteiger partial charge on any atom is -0.481 e. The number of nitrogens with zero attached hydrogens (tertiary/aromatic N) is 1. The number of hydrogen-bond donors (Lipinski definition) is 3. The molecule has 0 aliphatic heterocycles. The Kier molecular flexibility index (Phi) is 4.21. The Balaban J connectivity index is 3.00. The third-order valence-electron chi connectivity index (χ3n) is 2.56. The van der Waals surface area contributed by atoms with Crippen LogP contribution in [-0.4, -0.2) is 27.4 Å². The molecule has 2 atom stereocenters. The quantitative estimate of drug-likeness (QED) is 0.714. The first-order chi connectivity index (χ1) is 7.97. The highest BCUT2D eigenvalue weighted by atomic mass is 16.4. The monoisotopic (exact) mass is 235 g/mol. The van der Waals surface area contributed by atoms with Gasteiger partial charge in [0.15, 0.2) is 0 Å². The summed E-state index contributed by atoms with van der Waals surface area (Å²) in [6.45, 7) is 1.64. The Morgan fingerprint density at radius 1 is 1.47 bits per heavy atom. The number of nitriles is 1. The van der Waals surface area contributed by atoms with Gasteiger partial charge in [-0.2, -0.15) is 5.26 Å². The maximum atomic E-state index is 10.4. The number of carboxylic acid groups (broad SMARTS) is 1. The summed E-state index contributed by atoms with van der Waals surface area (Å²) in [4.78, 5) is 10.4. The molecular weight excluding hydrogens is 222 g/mol. The molecule has 0 aromatic heterocycles. The van der Waals surface area contributed by atoms with Crippen LogP contribution < -0.4 is 0 Å². The van der Waals surface area contributed by atoms with E-state index >= 15 is 0 Å². The van der Waals surface area contributed by atoms with E-state index in [1.54, 1.807) is 25.1 Å². The maximum Gasteiger partial charge on any atom is 0.306 e. The third kappa shape index (κ3) is 3.03. The van der Waals surface area contributed by atoms with E-state index < -0.39 is 24.6 Å². The third-order valence-corrected chi connectivity index (χ3v) is 2.56. The molecule has 0 bridgehead atoms. The lowest BCUT2D eigenvalue weighted by atomic mass is 9.95. The summed E-state index contributed by atoms with van der Waals surface area (Å²) in [6, 6.07) is 6.70. The molecule has 1 rings (SSSR count). The summed E-state index contributed by atoms with van der Waals surface area (Å²) in [7, 11) is 0. The van der Waals surface area contributed by atoms with Gasteiger partial charge in [-0.3, -0.25) is 4.79 Å². The van der Waals surface area contributed by atoms with Crippen molar-refractivity contribution in [2.24, 2.45) is 0 Å². The number of aliphatic carboxylic acids is 1. The topological polar surface area (TPSA) is 102 Å². The average Bonchev–Trinajstić information content (AvgIpc) is 2.27. The zero-order chi connectivity index (χ0) is 13.0. The SMILES string of the molecule is Cc1c(C#N)cccc1C(O)C(O)CC(=O)O. The molecule has 90 valence electrons. The molecule has 5 heteroatoms. The van der Waals surface area contributed by atoms with E-state index in [9.17, 15) is 15.0 Å². The number of benzene rings is 1. The summed E-state index contributed by atoms with van der Waals surface area (Å²) in [5, 5.41) is 36.7. The molecule has 3 N–H and O–H groups in total.